The van der Waals surface area contributed by atoms with Crippen molar-refractivity contribution in [3.63, 3.8) is 0 Å². The first-order chi connectivity index (χ1) is 10.0. The number of anilines is 1. The Balaban J connectivity index is 1.95. The molecule has 5 nitrogen and oxygen atoms in total. The van der Waals surface area contributed by atoms with Crippen molar-refractivity contribution in [1.82, 2.24) is 15.3 Å². The summed E-state index contributed by atoms with van der Waals surface area (Å²) < 4.78 is 13.3. The van der Waals surface area contributed by atoms with Gasteiger partial charge < -0.3 is 10.2 Å². The Bertz CT molecular complexity index is 703. The molecule has 1 aliphatic rings. The summed E-state index contributed by atoms with van der Waals surface area (Å²) in [6.07, 6.45) is 0.837. The Kier molecular flexibility index (Phi) is 3.63. The van der Waals surface area contributed by atoms with Crippen LogP contribution in [0, 0.1) is 5.82 Å². The number of rotatable bonds is 2. The maximum absolute atomic E-state index is 13.3. The molecule has 21 heavy (non-hydrogen) atoms. The topological polar surface area (TPSA) is 58.1 Å². The van der Waals surface area contributed by atoms with Crippen molar-refractivity contribution < 1.29 is 9.18 Å². The Morgan fingerprint density at radius 1 is 1.48 bits per heavy atom. The average molecular weight is 309 g/mol. The first-order valence-electron chi connectivity index (χ1n) is 6.68. The molecule has 1 aromatic heterocycles. The van der Waals surface area contributed by atoms with Crippen molar-refractivity contribution in [2.75, 3.05) is 18.0 Å². The van der Waals surface area contributed by atoms with Gasteiger partial charge in [0, 0.05) is 37.5 Å². The number of hydrogen-bond donors (Lipinski definition) is 1. The molecule has 0 spiro atoms. The van der Waals surface area contributed by atoms with Gasteiger partial charge in [0.15, 0.2) is 0 Å². The van der Waals surface area contributed by atoms with Crippen LogP contribution in [0.15, 0.2) is 18.2 Å². The standard InChI is InChI=1S/C14H14ClFN4O/c1-8(21)17-10-4-5-20(7-10)13-11-3-2-9(16)6-12(11)18-14(15)19-13/h2-3,6,10H,4-5,7H2,1H3,(H,17,21). The molecule has 1 N–H and O–H groups in total. The molecular weight excluding hydrogens is 295 g/mol. The molecule has 0 saturated carbocycles. The van der Waals surface area contributed by atoms with Crippen LogP contribution in [0.25, 0.3) is 10.9 Å². The Morgan fingerprint density at radius 3 is 3.05 bits per heavy atom. The summed E-state index contributed by atoms with van der Waals surface area (Å²) in [7, 11) is 0. The number of nitrogens with one attached hydrogen (secondary N) is 1. The third kappa shape index (κ3) is 2.90. The van der Waals surface area contributed by atoms with E-state index in [0.29, 0.717) is 17.9 Å². The number of fused-ring (bicyclic) bond motifs is 1. The quantitative estimate of drug-likeness (QED) is 0.864. The fourth-order valence-electron chi connectivity index (χ4n) is 2.66. The molecule has 0 aliphatic carbocycles. The molecule has 1 amide bonds. The average Bonchev–Trinajstić information content (AvgIpc) is 2.84. The van der Waals surface area contributed by atoms with E-state index in [-0.39, 0.29) is 23.0 Å². The van der Waals surface area contributed by atoms with E-state index in [1.54, 1.807) is 6.07 Å². The molecule has 3 rings (SSSR count). The van der Waals surface area contributed by atoms with Crippen LogP contribution < -0.4 is 10.2 Å². The molecule has 1 atom stereocenters. The molecule has 1 saturated heterocycles. The van der Waals surface area contributed by atoms with Crippen LogP contribution in [0.5, 0.6) is 0 Å². The van der Waals surface area contributed by atoms with Gasteiger partial charge in [0.1, 0.15) is 11.6 Å². The van der Waals surface area contributed by atoms with E-state index in [1.807, 2.05) is 4.90 Å². The summed E-state index contributed by atoms with van der Waals surface area (Å²) in [5.74, 6) is 0.271. The predicted octanol–water partition coefficient (Wildman–Crippen LogP) is 2.14. The highest BCUT2D eigenvalue weighted by Gasteiger charge is 2.25. The molecule has 7 heteroatoms. The molecule has 2 heterocycles. The zero-order valence-corrected chi connectivity index (χ0v) is 12.2. The van der Waals surface area contributed by atoms with E-state index in [2.05, 4.69) is 15.3 Å². The van der Waals surface area contributed by atoms with Crippen molar-refractivity contribution in [3.8, 4) is 0 Å². The van der Waals surface area contributed by atoms with Crippen molar-refractivity contribution in [3.05, 3.63) is 29.3 Å². The molecule has 1 aromatic carbocycles. The number of aromatic nitrogens is 2. The summed E-state index contributed by atoms with van der Waals surface area (Å²) in [5.41, 5.74) is 0.480. The molecule has 0 bridgehead atoms. The Morgan fingerprint density at radius 2 is 2.29 bits per heavy atom. The zero-order chi connectivity index (χ0) is 15.0. The SMILES string of the molecule is CC(=O)NC1CCN(c2nc(Cl)nc3cc(F)ccc23)C1. The van der Waals surface area contributed by atoms with Crippen LogP contribution in [0.4, 0.5) is 10.2 Å². The maximum atomic E-state index is 13.3. The van der Waals surface area contributed by atoms with E-state index < -0.39 is 0 Å². The van der Waals surface area contributed by atoms with Crippen LogP contribution in [0.3, 0.4) is 0 Å². The summed E-state index contributed by atoms with van der Waals surface area (Å²) in [6.45, 7) is 2.91. The Hall–Kier alpha value is -1.95. The number of benzene rings is 1. The van der Waals surface area contributed by atoms with Crippen molar-refractivity contribution >= 4 is 34.2 Å². The third-order valence-electron chi connectivity index (χ3n) is 3.51. The molecule has 0 radical (unpaired) electrons. The summed E-state index contributed by atoms with van der Waals surface area (Å²) >= 11 is 5.93. The van der Waals surface area contributed by atoms with Gasteiger partial charge in [-0.1, -0.05) is 0 Å². The highest BCUT2D eigenvalue weighted by Crippen LogP contribution is 2.28. The van der Waals surface area contributed by atoms with Crippen LogP contribution in [-0.2, 0) is 4.79 Å². The van der Waals surface area contributed by atoms with E-state index in [9.17, 15) is 9.18 Å². The molecule has 1 aliphatic heterocycles. The van der Waals surface area contributed by atoms with Crippen molar-refractivity contribution in [1.29, 1.82) is 0 Å². The highest BCUT2D eigenvalue weighted by atomic mass is 35.5. The number of carbonyl (C=O) groups excluding carboxylic acids is 1. The maximum Gasteiger partial charge on any atom is 0.224 e. The van der Waals surface area contributed by atoms with E-state index in [1.165, 1.54) is 19.1 Å². The summed E-state index contributed by atoms with van der Waals surface area (Å²) in [6, 6.07) is 4.46. The molecule has 1 unspecified atom stereocenters. The second kappa shape index (κ2) is 5.44. The summed E-state index contributed by atoms with van der Waals surface area (Å²) in [4.78, 5) is 21.5. The fourth-order valence-corrected chi connectivity index (χ4v) is 2.83. The molecule has 1 fully saturated rings. The lowest BCUT2D eigenvalue weighted by molar-refractivity contribution is -0.119. The van der Waals surface area contributed by atoms with Gasteiger partial charge >= 0.3 is 0 Å². The zero-order valence-electron chi connectivity index (χ0n) is 11.4. The van der Waals surface area contributed by atoms with Gasteiger partial charge in [-0.2, -0.15) is 4.98 Å². The minimum Gasteiger partial charge on any atom is -0.354 e. The van der Waals surface area contributed by atoms with E-state index >= 15 is 0 Å². The Labute approximate surface area is 126 Å². The van der Waals surface area contributed by atoms with Gasteiger partial charge in [0.25, 0.3) is 0 Å². The van der Waals surface area contributed by atoms with E-state index in [4.69, 9.17) is 11.6 Å². The predicted molar refractivity (Wildman–Crippen MR) is 78.9 cm³/mol. The minimum absolute atomic E-state index is 0.0468. The first-order valence-corrected chi connectivity index (χ1v) is 7.05. The number of amides is 1. The number of carbonyl (C=O) groups is 1. The van der Waals surface area contributed by atoms with Crippen LogP contribution in [-0.4, -0.2) is 35.0 Å². The number of nitrogens with zero attached hydrogens (tertiary/aromatic N) is 3. The largest absolute Gasteiger partial charge is 0.354 e. The number of halogens is 2. The molecular formula is C14H14ClFN4O. The summed E-state index contributed by atoms with van der Waals surface area (Å²) in [5, 5.41) is 3.74. The van der Waals surface area contributed by atoms with Gasteiger partial charge in [0.05, 0.1) is 5.52 Å². The van der Waals surface area contributed by atoms with Gasteiger partial charge in [-0.05, 0) is 30.2 Å². The van der Waals surface area contributed by atoms with Gasteiger partial charge in [-0.3, -0.25) is 4.79 Å². The molecule has 110 valence electrons. The van der Waals surface area contributed by atoms with Gasteiger partial charge in [-0.25, -0.2) is 9.37 Å². The lowest BCUT2D eigenvalue weighted by atomic mass is 10.2. The highest BCUT2D eigenvalue weighted by molar-refractivity contribution is 6.28. The third-order valence-corrected chi connectivity index (χ3v) is 3.68. The minimum atomic E-state index is -0.360. The number of hydrogen-bond acceptors (Lipinski definition) is 4. The molecule has 2 aromatic rings. The first kappa shape index (κ1) is 14.0. The van der Waals surface area contributed by atoms with Crippen molar-refractivity contribution in [2.24, 2.45) is 0 Å². The second-order valence-electron chi connectivity index (χ2n) is 5.11. The van der Waals surface area contributed by atoms with Crippen LogP contribution in [0.1, 0.15) is 13.3 Å². The van der Waals surface area contributed by atoms with Crippen LogP contribution >= 0.6 is 11.6 Å². The van der Waals surface area contributed by atoms with E-state index in [0.717, 1.165) is 18.4 Å². The van der Waals surface area contributed by atoms with Crippen molar-refractivity contribution in [2.45, 2.75) is 19.4 Å². The fraction of sp³-hybridized carbons (Fsp3) is 0.357. The second-order valence-corrected chi connectivity index (χ2v) is 5.45. The van der Waals surface area contributed by atoms with Gasteiger partial charge in [0.2, 0.25) is 11.2 Å². The lowest BCUT2D eigenvalue weighted by Gasteiger charge is -2.19. The smallest absolute Gasteiger partial charge is 0.224 e. The van der Waals surface area contributed by atoms with Crippen LogP contribution in [0.2, 0.25) is 5.28 Å². The monoisotopic (exact) mass is 308 g/mol. The normalized spacial score (nSPS) is 18.2. The lowest BCUT2D eigenvalue weighted by Crippen LogP contribution is -2.35. The van der Waals surface area contributed by atoms with Gasteiger partial charge in [-0.15, -0.1) is 0 Å².